The lowest BCUT2D eigenvalue weighted by atomic mass is 10.3. The first-order valence-corrected chi connectivity index (χ1v) is 4.35. The van der Waals surface area contributed by atoms with Gasteiger partial charge in [-0.2, -0.15) is 5.10 Å². The van der Waals surface area contributed by atoms with Gasteiger partial charge in [0, 0.05) is 6.54 Å². The quantitative estimate of drug-likeness (QED) is 0.783. The molecule has 0 saturated heterocycles. The highest BCUT2D eigenvalue weighted by atomic mass is 35.5. The Balaban J connectivity index is 2.58. The summed E-state index contributed by atoms with van der Waals surface area (Å²) < 4.78 is 1.80. The van der Waals surface area contributed by atoms with Gasteiger partial charge >= 0.3 is 0 Å². The van der Waals surface area contributed by atoms with Gasteiger partial charge in [0.2, 0.25) is 0 Å². The third-order valence-corrected chi connectivity index (χ3v) is 2.17. The van der Waals surface area contributed by atoms with Crippen molar-refractivity contribution >= 4 is 11.6 Å². The summed E-state index contributed by atoms with van der Waals surface area (Å²) in [5.74, 6) is 0. The molecule has 1 atom stereocenters. The number of hydrogen-bond acceptors (Lipinski definition) is 2. The largest absolute Gasteiger partial charge is 0.393 e. The first-order valence-electron chi connectivity index (χ1n) is 3.97. The van der Waals surface area contributed by atoms with E-state index in [-0.39, 0.29) is 6.10 Å². The lowest BCUT2D eigenvalue weighted by Crippen LogP contribution is -2.09. The first kappa shape index (κ1) is 9.55. The van der Waals surface area contributed by atoms with E-state index in [1.54, 1.807) is 17.8 Å². The average Bonchev–Trinajstić information content (AvgIpc) is 2.30. The van der Waals surface area contributed by atoms with Crippen molar-refractivity contribution < 1.29 is 5.11 Å². The Bertz CT molecular complexity index is 258. The Morgan fingerprint density at radius 3 is 2.83 bits per heavy atom. The minimum Gasteiger partial charge on any atom is -0.393 e. The summed E-state index contributed by atoms with van der Waals surface area (Å²) in [6, 6.07) is 0. The van der Waals surface area contributed by atoms with Crippen molar-refractivity contribution in [3.05, 3.63) is 16.9 Å². The van der Waals surface area contributed by atoms with Crippen LogP contribution in [0.5, 0.6) is 0 Å². The summed E-state index contributed by atoms with van der Waals surface area (Å²) in [5, 5.41) is 13.8. The van der Waals surface area contributed by atoms with Gasteiger partial charge in [-0.25, -0.2) is 0 Å². The molecule has 0 amide bonds. The van der Waals surface area contributed by atoms with E-state index in [0.29, 0.717) is 11.4 Å². The maximum Gasteiger partial charge on any atom is 0.0814 e. The molecule has 1 unspecified atom stereocenters. The van der Waals surface area contributed by atoms with E-state index < -0.39 is 0 Å². The second kappa shape index (κ2) is 3.92. The molecule has 0 aromatic carbocycles. The fraction of sp³-hybridized carbons (Fsp3) is 0.625. The summed E-state index contributed by atoms with van der Waals surface area (Å²) in [7, 11) is 0. The number of rotatable bonds is 3. The number of aryl methyl sites for hydroxylation is 1. The van der Waals surface area contributed by atoms with E-state index in [9.17, 15) is 0 Å². The van der Waals surface area contributed by atoms with Gasteiger partial charge in [-0.1, -0.05) is 11.6 Å². The highest BCUT2D eigenvalue weighted by Crippen LogP contribution is 2.13. The topological polar surface area (TPSA) is 38.0 Å². The van der Waals surface area contributed by atoms with Gasteiger partial charge in [0.1, 0.15) is 0 Å². The van der Waals surface area contributed by atoms with Crippen molar-refractivity contribution in [2.45, 2.75) is 32.9 Å². The van der Waals surface area contributed by atoms with Crippen LogP contribution in [0.15, 0.2) is 6.20 Å². The molecule has 0 radical (unpaired) electrons. The monoisotopic (exact) mass is 188 g/mol. The van der Waals surface area contributed by atoms with Gasteiger partial charge in [0.15, 0.2) is 0 Å². The Morgan fingerprint density at radius 2 is 2.42 bits per heavy atom. The van der Waals surface area contributed by atoms with Gasteiger partial charge in [-0.3, -0.25) is 4.68 Å². The molecule has 4 heteroatoms. The van der Waals surface area contributed by atoms with Gasteiger partial charge in [-0.15, -0.1) is 0 Å². The number of nitrogens with zero attached hydrogens (tertiary/aromatic N) is 2. The standard InChI is InChI=1S/C8H13ClN2O/c1-6(12)3-4-11-7(2)8(9)5-10-11/h5-6,12H,3-4H2,1-2H3. The lowest BCUT2D eigenvalue weighted by molar-refractivity contribution is 0.176. The minimum absolute atomic E-state index is 0.285. The van der Waals surface area contributed by atoms with Crippen LogP contribution < -0.4 is 0 Å². The molecule has 0 aliphatic carbocycles. The van der Waals surface area contributed by atoms with Gasteiger partial charge in [0.05, 0.1) is 23.0 Å². The zero-order chi connectivity index (χ0) is 9.14. The molecule has 0 aliphatic heterocycles. The van der Waals surface area contributed by atoms with E-state index >= 15 is 0 Å². The summed E-state index contributed by atoms with van der Waals surface area (Å²) in [5.41, 5.74) is 0.956. The van der Waals surface area contributed by atoms with Crippen LogP contribution >= 0.6 is 11.6 Å². The molecule has 3 nitrogen and oxygen atoms in total. The van der Waals surface area contributed by atoms with Crippen molar-refractivity contribution in [1.82, 2.24) is 9.78 Å². The number of hydrogen-bond donors (Lipinski definition) is 1. The van der Waals surface area contributed by atoms with Crippen molar-refractivity contribution in [3.8, 4) is 0 Å². The Morgan fingerprint density at radius 1 is 1.75 bits per heavy atom. The summed E-state index contributed by atoms with van der Waals surface area (Å²) in [6.45, 7) is 4.40. The molecule has 0 fully saturated rings. The highest BCUT2D eigenvalue weighted by Gasteiger charge is 2.04. The predicted molar refractivity (Wildman–Crippen MR) is 48.3 cm³/mol. The Labute approximate surface area is 77.0 Å². The number of aromatic nitrogens is 2. The van der Waals surface area contributed by atoms with Crippen molar-refractivity contribution in [3.63, 3.8) is 0 Å². The summed E-state index contributed by atoms with van der Waals surface area (Å²) in [6.07, 6.45) is 2.05. The average molecular weight is 189 g/mol. The second-order valence-corrected chi connectivity index (χ2v) is 3.35. The first-order chi connectivity index (χ1) is 5.61. The van der Waals surface area contributed by atoms with E-state index in [1.807, 2.05) is 6.92 Å². The molecular weight excluding hydrogens is 176 g/mol. The zero-order valence-corrected chi connectivity index (χ0v) is 8.04. The van der Waals surface area contributed by atoms with E-state index in [2.05, 4.69) is 5.10 Å². The van der Waals surface area contributed by atoms with Crippen molar-refractivity contribution in [2.75, 3.05) is 0 Å². The van der Waals surface area contributed by atoms with Crippen LogP contribution in [0.3, 0.4) is 0 Å². The predicted octanol–water partition coefficient (Wildman–Crippen LogP) is 1.62. The van der Waals surface area contributed by atoms with Crippen molar-refractivity contribution in [2.24, 2.45) is 0 Å². The van der Waals surface area contributed by atoms with E-state index in [0.717, 1.165) is 12.2 Å². The molecule has 12 heavy (non-hydrogen) atoms. The summed E-state index contributed by atoms with van der Waals surface area (Å²) in [4.78, 5) is 0. The molecule has 0 bridgehead atoms. The van der Waals surface area contributed by atoms with Crippen LogP contribution in [0.4, 0.5) is 0 Å². The molecule has 1 aromatic heterocycles. The lowest BCUT2D eigenvalue weighted by Gasteiger charge is -2.05. The van der Waals surface area contributed by atoms with Crippen LogP contribution in [-0.4, -0.2) is 21.0 Å². The zero-order valence-electron chi connectivity index (χ0n) is 7.29. The molecule has 0 aliphatic rings. The maximum absolute atomic E-state index is 9.04. The van der Waals surface area contributed by atoms with Gasteiger partial charge in [-0.05, 0) is 20.3 Å². The maximum atomic E-state index is 9.04. The van der Waals surface area contributed by atoms with Crippen LogP contribution in [0.2, 0.25) is 5.02 Å². The third-order valence-electron chi connectivity index (χ3n) is 1.80. The van der Waals surface area contributed by atoms with Gasteiger partial charge < -0.3 is 5.11 Å². The molecule has 0 spiro atoms. The molecule has 68 valence electrons. The number of aliphatic hydroxyl groups excluding tert-OH is 1. The normalized spacial score (nSPS) is 13.3. The smallest absolute Gasteiger partial charge is 0.0814 e. The Kier molecular flexibility index (Phi) is 3.12. The third kappa shape index (κ3) is 2.22. The fourth-order valence-electron chi connectivity index (χ4n) is 0.958. The van der Waals surface area contributed by atoms with E-state index in [4.69, 9.17) is 16.7 Å². The summed E-state index contributed by atoms with van der Waals surface area (Å²) >= 11 is 5.80. The second-order valence-electron chi connectivity index (χ2n) is 2.94. The number of halogens is 1. The minimum atomic E-state index is -0.285. The van der Waals surface area contributed by atoms with Crippen LogP contribution in [0, 0.1) is 6.92 Å². The highest BCUT2D eigenvalue weighted by molar-refractivity contribution is 6.31. The van der Waals surface area contributed by atoms with Crippen LogP contribution in [-0.2, 0) is 6.54 Å². The molecule has 1 rings (SSSR count). The number of aliphatic hydroxyl groups is 1. The van der Waals surface area contributed by atoms with Crippen LogP contribution in [0.1, 0.15) is 19.0 Å². The molecule has 1 N–H and O–H groups in total. The van der Waals surface area contributed by atoms with Gasteiger partial charge in [0.25, 0.3) is 0 Å². The van der Waals surface area contributed by atoms with E-state index in [1.165, 1.54) is 0 Å². The molecule has 0 saturated carbocycles. The van der Waals surface area contributed by atoms with Crippen molar-refractivity contribution in [1.29, 1.82) is 0 Å². The molecular formula is C8H13ClN2O. The Hall–Kier alpha value is -0.540. The molecule has 1 aromatic rings. The molecule has 1 heterocycles. The fourth-order valence-corrected chi connectivity index (χ4v) is 1.10. The van der Waals surface area contributed by atoms with Crippen LogP contribution in [0.25, 0.3) is 0 Å². The SMILES string of the molecule is Cc1c(Cl)cnn1CCC(C)O.